The van der Waals surface area contributed by atoms with Gasteiger partial charge in [-0.05, 0) is 20.8 Å². The Morgan fingerprint density at radius 3 is 2.43 bits per heavy atom. The Balaban J connectivity index is 4.16. The predicted octanol–water partition coefficient (Wildman–Crippen LogP) is -0.407. The quantitative estimate of drug-likeness (QED) is 0.560. The monoisotopic (exact) mass is 319 g/mol. The van der Waals surface area contributed by atoms with Crippen LogP contribution >= 0.6 is 11.8 Å². The number of ether oxygens (including phenoxy) is 1. The van der Waals surface area contributed by atoms with Crippen molar-refractivity contribution in [3.05, 3.63) is 0 Å². The number of amides is 2. The fraction of sp³-hybridized carbons (Fsp3) is 0.769. The second-order valence-corrected chi connectivity index (χ2v) is 5.81. The number of hydrogen-bond acceptors (Lipinski definition) is 6. The molecule has 0 spiro atoms. The number of carbonyl (C=O) groups excluding carboxylic acids is 3. The molecule has 2 amide bonds. The molecule has 122 valence electrons. The Labute approximate surface area is 129 Å². The Morgan fingerprint density at radius 2 is 1.95 bits per heavy atom. The summed E-state index contributed by atoms with van der Waals surface area (Å²) in [5.74, 6) is -0.365. The molecule has 0 aromatic carbocycles. The first-order chi connectivity index (χ1) is 9.81. The Morgan fingerprint density at radius 1 is 1.33 bits per heavy atom. The summed E-state index contributed by atoms with van der Waals surface area (Å²) in [5.41, 5.74) is 5.57. The molecule has 0 aromatic rings. The first kappa shape index (κ1) is 19.7. The lowest BCUT2D eigenvalue weighted by molar-refractivity contribution is -0.141. The maximum Gasteiger partial charge on any atom is 0.323 e. The van der Waals surface area contributed by atoms with E-state index in [0.29, 0.717) is 12.3 Å². The Hall–Kier alpha value is -1.28. The summed E-state index contributed by atoms with van der Waals surface area (Å²) in [6.07, 6.45) is 0. The summed E-state index contributed by atoms with van der Waals surface area (Å²) in [6.45, 7) is 6.02. The van der Waals surface area contributed by atoms with Crippen LogP contribution in [0.5, 0.6) is 0 Å². The van der Waals surface area contributed by atoms with Gasteiger partial charge in [0.05, 0.1) is 19.4 Å². The number of rotatable bonds is 9. The van der Waals surface area contributed by atoms with Crippen molar-refractivity contribution < 1.29 is 19.1 Å². The molecule has 0 rings (SSSR count). The van der Waals surface area contributed by atoms with Crippen molar-refractivity contribution in [1.82, 2.24) is 10.2 Å². The topological polar surface area (TPSA) is 102 Å². The molecule has 0 fully saturated rings. The predicted molar refractivity (Wildman–Crippen MR) is 82.8 cm³/mol. The van der Waals surface area contributed by atoms with Gasteiger partial charge >= 0.3 is 5.97 Å². The van der Waals surface area contributed by atoms with Gasteiger partial charge in [0.1, 0.15) is 6.04 Å². The number of thioether (sulfide) groups is 1. The van der Waals surface area contributed by atoms with E-state index < -0.39 is 12.0 Å². The lowest BCUT2D eigenvalue weighted by Gasteiger charge is -2.21. The summed E-state index contributed by atoms with van der Waals surface area (Å²) in [4.78, 5) is 36.2. The molecule has 7 nitrogen and oxygen atoms in total. The van der Waals surface area contributed by atoms with Crippen LogP contribution in [-0.4, -0.2) is 66.5 Å². The highest BCUT2D eigenvalue weighted by atomic mass is 32.2. The number of hydrogen-bond donors (Lipinski definition) is 2. The minimum Gasteiger partial charge on any atom is -0.468 e. The molecule has 0 aliphatic heterocycles. The Kier molecular flexibility index (Phi) is 9.81. The molecule has 21 heavy (non-hydrogen) atoms. The largest absolute Gasteiger partial charge is 0.468 e. The third-order valence-electron chi connectivity index (χ3n) is 2.55. The zero-order chi connectivity index (χ0) is 16.4. The van der Waals surface area contributed by atoms with Crippen LogP contribution in [-0.2, 0) is 19.1 Å². The molecule has 1 atom stereocenters. The van der Waals surface area contributed by atoms with Gasteiger partial charge in [-0.2, -0.15) is 0 Å². The van der Waals surface area contributed by atoms with Crippen LogP contribution in [0.2, 0.25) is 0 Å². The molecule has 0 aliphatic rings. The average Bonchev–Trinajstić information content (AvgIpc) is 2.42. The highest BCUT2D eigenvalue weighted by molar-refractivity contribution is 8.00. The van der Waals surface area contributed by atoms with Crippen molar-refractivity contribution in [2.24, 2.45) is 5.73 Å². The Bertz CT molecular complexity index is 363. The number of nitrogens with zero attached hydrogens (tertiary/aromatic N) is 1. The summed E-state index contributed by atoms with van der Waals surface area (Å²) < 4.78 is 4.50. The molecule has 0 radical (unpaired) electrons. The molecule has 0 bridgehead atoms. The lowest BCUT2D eigenvalue weighted by Crippen LogP contribution is -2.43. The van der Waals surface area contributed by atoms with E-state index in [9.17, 15) is 14.4 Å². The van der Waals surface area contributed by atoms with E-state index in [-0.39, 0.29) is 30.2 Å². The molecule has 0 saturated carbocycles. The first-order valence-corrected chi connectivity index (χ1v) is 7.95. The van der Waals surface area contributed by atoms with Gasteiger partial charge in [-0.1, -0.05) is 0 Å². The molecule has 0 aliphatic carbocycles. The van der Waals surface area contributed by atoms with Crippen LogP contribution in [0, 0.1) is 0 Å². The van der Waals surface area contributed by atoms with E-state index in [1.807, 2.05) is 20.8 Å². The summed E-state index contributed by atoms with van der Waals surface area (Å²) in [7, 11) is 1.27. The van der Waals surface area contributed by atoms with Gasteiger partial charge in [0.15, 0.2) is 0 Å². The molecular formula is C13H25N3O4S. The number of likely N-dealkylation sites (N-methyl/N-ethyl adjacent to an activating group) is 1. The smallest absolute Gasteiger partial charge is 0.323 e. The van der Waals surface area contributed by atoms with E-state index in [1.165, 1.54) is 23.8 Å². The summed E-state index contributed by atoms with van der Waals surface area (Å²) in [6, 6.07) is -0.703. The van der Waals surface area contributed by atoms with E-state index in [4.69, 9.17) is 5.73 Å². The zero-order valence-electron chi connectivity index (χ0n) is 13.0. The van der Waals surface area contributed by atoms with Crippen molar-refractivity contribution in [3.8, 4) is 0 Å². The van der Waals surface area contributed by atoms with Crippen LogP contribution in [0.4, 0.5) is 0 Å². The third-order valence-corrected chi connectivity index (χ3v) is 3.59. The van der Waals surface area contributed by atoms with Crippen LogP contribution in [0.3, 0.4) is 0 Å². The minimum absolute atomic E-state index is 0.0388. The van der Waals surface area contributed by atoms with Gasteiger partial charge in [0, 0.05) is 18.3 Å². The van der Waals surface area contributed by atoms with E-state index in [0.717, 1.165) is 0 Å². The van der Waals surface area contributed by atoms with Gasteiger partial charge in [0.25, 0.3) is 0 Å². The van der Waals surface area contributed by atoms with E-state index >= 15 is 0 Å². The number of nitrogens with two attached hydrogens (primary N) is 1. The number of nitrogens with one attached hydrogen (secondary N) is 1. The highest BCUT2D eigenvalue weighted by Crippen LogP contribution is 2.05. The fourth-order valence-corrected chi connectivity index (χ4v) is 2.37. The van der Waals surface area contributed by atoms with Crippen LogP contribution in [0.1, 0.15) is 20.8 Å². The lowest BCUT2D eigenvalue weighted by atomic mass is 10.3. The van der Waals surface area contributed by atoms with E-state index in [2.05, 4.69) is 10.1 Å². The number of esters is 1. The van der Waals surface area contributed by atoms with E-state index in [1.54, 1.807) is 0 Å². The van der Waals surface area contributed by atoms with Crippen molar-refractivity contribution in [2.75, 3.05) is 31.7 Å². The SMILES string of the molecule is CCN(CC(=O)NC(C)C)C(=O)CSCC(N)C(=O)OC. The molecular weight excluding hydrogens is 294 g/mol. The molecule has 0 heterocycles. The van der Waals surface area contributed by atoms with Crippen molar-refractivity contribution in [1.29, 1.82) is 0 Å². The van der Waals surface area contributed by atoms with Crippen molar-refractivity contribution in [3.63, 3.8) is 0 Å². The van der Waals surface area contributed by atoms with Crippen LogP contribution < -0.4 is 11.1 Å². The number of methoxy groups -OCH3 is 1. The van der Waals surface area contributed by atoms with Crippen molar-refractivity contribution >= 4 is 29.5 Å². The van der Waals surface area contributed by atoms with Crippen molar-refractivity contribution in [2.45, 2.75) is 32.9 Å². The summed E-state index contributed by atoms with van der Waals surface area (Å²) in [5, 5.41) is 2.74. The normalized spacial score (nSPS) is 11.9. The number of carbonyl (C=O) groups is 3. The van der Waals surface area contributed by atoms with Gasteiger partial charge < -0.3 is 20.7 Å². The average molecular weight is 319 g/mol. The highest BCUT2D eigenvalue weighted by Gasteiger charge is 2.18. The summed E-state index contributed by atoms with van der Waals surface area (Å²) >= 11 is 1.25. The van der Waals surface area contributed by atoms with Gasteiger partial charge in [-0.25, -0.2) is 0 Å². The standard InChI is InChI=1S/C13H25N3O4S/c1-5-16(6-11(17)15-9(2)3)12(18)8-21-7-10(14)13(19)20-4/h9-10H,5-8,14H2,1-4H3,(H,15,17). The zero-order valence-corrected chi connectivity index (χ0v) is 13.9. The first-order valence-electron chi connectivity index (χ1n) is 6.80. The molecule has 0 saturated heterocycles. The molecule has 3 N–H and O–H groups in total. The van der Waals surface area contributed by atoms with Crippen LogP contribution in [0.25, 0.3) is 0 Å². The van der Waals surface area contributed by atoms with Gasteiger partial charge in [-0.3, -0.25) is 14.4 Å². The third kappa shape index (κ3) is 8.56. The maximum absolute atomic E-state index is 12.0. The van der Waals surface area contributed by atoms with Gasteiger partial charge in [0.2, 0.25) is 11.8 Å². The fourth-order valence-electron chi connectivity index (χ4n) is 1.50. The molecule has 1 unspecified atom stereocenters. The van der Waals surface area contributed by atoms with Crippen LogP contribution in [0.15, 0.2) is 0 Å². The minimum atomic E-state index is -0.743. The maximum atomic E-state index is 12.0. The second kappa shape index (κ2) is 10.4. The molecule has 0 aromatic heterocycles. The second-order valence-electron chi connectivity index (χ2n) is 4.77. The molecule has 8 heteroatoms. The van der Waals surface area contributed by atoms with Gasteiger partial charge in [-0.15, -0.1) is 11.8 Å².